The van der Waals surface area contributed by atoms with Gasteiger partial charge in [0.05, 0.1) is 0 Å². The van der Waals surface area contributed by atoms with Gasteiger partial charge in [-0.15, -0.1) is 0 Å². The summed E-state index contributed by atoms with van der Waals surface area (Å²) in [4.78, 5) is 3.90. The Morgan fingerprint density at radius 3 is 2.73 bits per heavy atom. The molecular weight excluding hydrogens is 234 g/mol. The van der Waals surface area contributed by atoms with Crippen molar-refractivity contribution in [2.24, 2.45) is 5.14 Å². The summed E-state index contributed by atoms with van der Waals surface area (Å²) in [6.45, 7) is 4.61. The maximum atomic E-state index is 11.0. The molecule has 1 aromatic heterocycles. The molecule has 2 N–H and O–H groups in total. The van der Waals surface area contributed by atoms with E-state index in [0.717, 1.165) is 18.1 Å². The molecule has 0 amide bonds. The van der Waals surface area contributed by atoms with Crippen LogP contribution in [0.1, 0.15) is 12.7 Å². The Morgan fingerprint density at radius 2 is 2.27 bits per heavy atom. The first-order chi connectivity index (χ1) is 6.95. The van der Waals surface area contributed by atoms with Crippen LogP contribution in [0.2, 0.25) is 0 Å². The summed E-state index contributed by atoms with van der Waals surface area (Å²) in [6.07, 6.45) is 1.49. The predicted molar refractivity (Wildman–Crippen MR) is 61.3 cm³/mol. The Labute approximate surface area is 94.1 Å². The van der Waals surface area contributed by atoms with Crippen LogP contribution in [0.3, 0.4) is 0 Å². The molecule has 7 heteroatoms. The lowest BCUT2D eigenvalue weighted by atomic mass is 10.6. The third-order valence-corrected chi connectivity index (χ3v) is 3.59. The van der Waals surface area contributed by atoms with Crippen LogP contribution >= 0.6 is 11.8 Å². The highest BCUT2D eigenvalue weighted by molar-refractivity contribution is 7.99. The van der Waals surface area contributed by atoms with E-state index in [-0.39, 0.29) is 5.03 Å². The molecule has 0 unspecified atom stereocenters. The summed E-state index contributed by atoms with van der Waals surface area (Å²) in [7, 11) is -3.67. The Kier molecular flexibility index (Phi) is 4.18. The first kappa shape index (κ1) is 12.5. The number of hydrogen-bond donors (Lipinski definition) is 1. The van der Waals surface area contributed by atoms with Crippen molar-refractivity contribution in [2.75, 3.05) is 11.5 Å². The van der Waals surface area contributed by atoms with Crippen LogP contribution in [-0.4, -0.2) is 29.5 Å². The Bertz CT molecular complexity index is 425. The van der Waals surface area contributed by atoms with Crippen LogP contribution < -0.4 is 5.14 Å². The minimum atomic E-state index is -3.67. The molecule has 0 aromatic carbocycles. The molecule has 0 saturated carbocycles. The smallest absolute Gasteiger partial charge is 0.257 e. The van der Waals surface area contributed by atoms with Crippen molar-refractivity contribution in [1.82, 2.24) is 9.55 Å². The molecule has 1 rings (SSSR count). The zero-order valence-electron chi connectivity index (χ0n) is 8.80. The van der Waals surface area contributed by atoms with Crippen LogP contribution in [0.25, 0.3) is 0 Å². The van der Waals surface area contributed by atoms with Gasteiger partial charge >= 0.3 is 0 Å². The molecule has 0 aliphatic heterocycles. The standard InChI is InChI=1S/C8H15N3O2S2/c1-3-14-5-4-11-6-8(10-7(11)2)15(9,12)13/h6H,3-5H2,1-2H3,(H2,9,12,13). The summed E-state index contributed by atoms with van der Waals surface area (Å²) in [5.41, 5.74) is 0. The molecule has 15 heavy (non-hydrogen) atoms. The molecule has 0 aliphatic carbocycles. The summed E-state index contributed by atoms with van der Waals surface area (Å²) in [5, 5.41) is 4.93. The van der Waals surface area contributed by atoms with Crippen LogP contribution in [0, 0.1) is 6.92 Å². The van der Waals surface area contributed by atoms with Crippen molar-refractivity contribution in [3.05, 3.63) is 12.0 Å². The highest BCUT2D eigenvalue weighted by Crippen LogP contribution is 2.08. The average molecular weight is 249 g/mol. The fourth-order valence-corrected chi connectivity index (χ4v) is 2.30. The topological polar surface area (TPSA) is 78.0 Å². The van der Waals surface area contributed by atoms with Gasteiger partial charge in [-0.25, -0.2) is 18.5 Å². The second-order valence-electron chi connectivity index (χ2n) is 3.06. The molecule has 0 aliphatic rings. The van der Waals surface area contributed by atoms with E-state index in [1.165, 1.54) is 6.20 Å². The van der Waals surface area contributed by atoms with Crippen LogP contribution in [0.4, 0.5) is 0 Å². The second-order valence-corrected chi connectivity index (χ2v) is 5.96. The number of sulfonamides is 1. The van der Waals surface area contributed by atoms with Crippen molar-refractivity contribution < 1.29 is 8.42 Å². The summed E-state index contributed by atoms with van der Waals surface area (Å²) in [6, 6.07) is 0. The minimum absolute atomic E-state index is 0.0542. The SMILES string of the molecule is CCSCCn1cc(S(N)(=O)=O)nc1C. The molecule has 1 heterocycles. The molecule has 0 radical (unpaired) electrons. The lowest BCUT2D eigenvalue weighted by Crippen LogP contribution is -2.12. The van der Waals surface area contributed by atoms with Gasteiger partial charge in [0.15, 0.2) is 5.03 Å². The van der Waals surface area contributed by atoms with Crippen molar-refractivity contribution in [3.8, 4) is 0 Å². The van der Waals surface area contributed by atoms with Crippen LogP contribution in [0.5, 0.6) is 0 Å². The number of aromatic nitrogens is 2. The van der Waals surface area contributed by atoms with Gasteiger partial charge in [-0.05, 0) is 12.7 Å². The molecular formula is C8H15N3O2S2. The first-order valence-electron chi connectivity index (χ1n) is 4.59. The van der Waals surface area contributed by atoms with Crippen molar-refractivity contribution in [3.63, 3.8) is 0 Å². The summed E-state index contributed by atoms with van der Waals surface area (Å²) < 4.78 is 23.9. The number of rotatable bonds is 5. The molecule has 0 saturated heterocycles. The Morgan fingerprint density at radius 1 is 1.60 bits per heavy atom. The fourth-order valence-electron chi connectivity index (χ4n) is 1.15. The number of nitrogens with two attached hydrogens (primary N) is 1. The third-order valence-electron chi connectivity index (χ3n) is 1.93. The molecule has 0 bridgehead atoms. The third kappa shape index (κ3) is 3.51. The van der Waals surface area contributed by atoms with Gasteiger partial charge < -0.3 is 4.57 Å². The van der Waals surface area contributed by atoms with Crippen molar-refractivity contribution in [2.45, 2.75) is 25.4 Å². The highest BCUT2D eigenvalue weighted by Gasteiger charge is 2.13. The number of nitrogens with zero attached hydrogens (tertiary/aromatic N) is 2. The number of primary sulfonamides is 1. The predicted octanol–water partition coefficient (Wildman–Crippen LogP) is 0.592. The zero-order chi connectivity index (χ0) is 11.5. The highest BCUT2D eigenvalue weighted by atomic mass is 32.2. The van der Waals surface area contributed by atoms with Gasteiger partial charge in [0.2, 0.25) is 0 Å². The number of imidazole rings is 1. The average Bonchev–Trinajstić information content (AvgIpc) is 2.48. The monoisotopic (exact) mass is 249 g/mol. The van der Waals surface area contributed by atoms with Gasteiger partial charge in [-0.3, -0.25) is 0 Å². The van der Waals surface area contributed by atoms with E-state index in [9.17, 15) is 8.42 Å². The quantitative estimate of drug-likeness (QED) is 0.775. The molecule has 86 valence electrons. The van der Waals surface area contributed by atoms with Gasteiger partial charge in [0, 0.05) is 18.5 Å². The zero-order valence-corrected chi connectivity index (χ0v) is 10.4. The van der Waals surface area contributed by atoms with Crippen molar-refractivity contribution >= 4 is 21.8 Å². The van der Waals surface area contributed by atoms with Crippen molar-refractivity contribution in [1.29, 1.82) is 0 Å². The lowest BCUT2D eigenvalue weighted by molar-refractivity contribution is 0.594. The molecule has 1 aromatic rings. The van der Waals surface area contributed by atoms with E-state index in [0.29, 0.717) is 5.82 Å². The first-order valence-corrected chi connectivity index (χ1v) is 7.29. The van der Waals surface area contributed by atoms with Gasteiger partial charge in [0.25, 0.3) is 10.0 Å². The summed E-state index contributed by atoms with van der Waals surface area (Å²) in [5.74, 6) is 2.67. The van der Waals surface area contributed by atoms with E-state index in [1.807, 2.05) is 4.57 Å². The molecule has 0 spiro atoms. The van der Waals surface area contributed by atoms with Gasteiger partial charge in [0.1, 0.15) is 5.82 Å². The van der Waals surface area contributed by atoms with E-state index in [1.54, 1.807) is 18.7 Å². The number of aryl methyl sites for hydroxylation is 2. The minimum Gasteiger partial charge on any atom is -0.333 e. The van der Waals surface area contributed by atoms with E-state index in [2.05, 4.69) is 11.9 Å². The maximum absolute atomic E-state index is 11.0. The Balaban J connectivity index is 2.78. The maximum Gasteiger partial charge on any atom is 0.257 e. The molecule has 5 nitrogen and oxygen atoms in total. The largest absolute Gasteiger partial charge is 0.333 e. The van der Waals surface area contributed by atoms with E-state index < -0.39 is 10.0 Å². The fraction of sp³-hybridized carbons (Fsp3) is 0.625. The number of thioether (sulfide) groups is 1. The summed E-state index contributed by atoms with van der Waals surface area (Å²) >= 11 is 1.80. The molecule has 0 atom stereocenters. The lowest BCUT2D eigenvalue weighted by Gasteiger charge is -2.02. The van der Waals surface area contributed by atoms with Gasteiger partial charge in [-0.1, -0.05) is 6.92 Å². The van der Waals surface area contributed by atoms with Crippen LogP contribution in [0.15, 0.2) is 11.2 Å². The van der Waals surface area contributed by atoms with Gasteiger partial charge in [-0.2, -0.15) is 11.8 Å². The molecule has 0 fully saturated rings. The Hall–Kier alpha value is -0.530. The normalized spacial score (nSPS) is 11.9. The number of hydrogen-bond acceptors (Lipinski definition) is 4. The van der Waals surface area contributed by atoms with Crippen LogP contribution in [-0.2, 0) is 16.6 Å². The van der Waals surface area contributed by atoms with E-state index in [4.69, 9.17) is 5.14 Å². The second kappa shape index (κ2) is 5.00. The van der Waals surface area contributed by atoms with E-state index >= 15 is 0 Å².